The number of nitrogens with zero attached hydrogens (tertiary/aromatic N) is 1. The summed E-state index contributed by atoms with van der Waals surface area (Å²) in [5, 5.41) is 3.23. The molecule has 4 aliphatic carbocycles. The molecule has 1 N–H and O–H groups in total. The number of carbonyl (C=O) groups excluding carboxylic acids is 3. The number of hydrogen-bond donors (Lipinski definition) is 1. The van der Waals surface area contributed by atoms with Crippen LogP contribution in [0.3, 0.4) is 0 Å². The van der Waals surface area contributed by atoms with Gasteiger partial charge in [-0.2, -0.15) is 0 Å². The van der Waals surface area contributed by atoms with Crippen LogP contribution >= 0.6 is 0 Å². The van der Waals surface area contributed by atoms with Gasteiger partial charge < -0.3 is 5.32 Å². The summed E-state index contributed by atoms with van der Waals surface area (Å²) >= 11 is 0. The van der Waals surface area contributed by atoms with E-state index in [4.69, 9.17) is 0 Å². The lowest BCUT2D eigenvalue weighted by molar-refractivity contribution is -0.128. The molecule has 1 aromatic rings. The zero-order valence-electron chi connectivity index (χ0n) is 15.9. The Morgan fingerprint density at radius 2 is 1.59 bits per heavy atom. The Morgan fingerprint density at radius 1 is 1.00 bits per heavy atom. The average molecular weight is 366 g/mol. The minimum absolute atomic E-state index is 0.196. The van der Waals surface area contributed by atoms with Crippen LogP contribution in [-0.4, -0.2) is 34.7 Å². The maximum atomic E-state index is 13.0. The van der Waals surface area contributed by atoms with Crippen molar-refractivity contribution in [3.8, 4) is 0 Å². The Morgan fingerprint density at radius 3 is 2.22 bits per heavy atom. The maximum absolute atomic E-state index is 13.0. The molecule has 5 nitrogen and oxygen atoms in total. The summed E-state index contributed by atoms with van der Waals surface area (Å²) < 4.78 is 0. The molecule has 4 fully saturated rings. The molecule has 0 saturated heterocycles. The van der Waals surface area contributed by atoms with Gasteiger partial charge in [0, 0.05) is 6.04 Å². The molecule has 0 aromatic heterocycles. The van der Waals surface area contributed by atoms with Crippen molar-refractivity contribution in [2.75, 3.05) is 0 Å². The minimum atomic E-state index is -0.783. The molecule has 1 heterocycles. The first kappa shape index (κ1) is 17.0. The molecule has 27 heavy (non-hydrogen) atoms. The van der Waals surface area contributed by atoms with Gasteiger partial charge in [0.05, 0.1) is 11.1 Å². The predicted octanol–water partition coefficient (Wildman–Crippen LogP) is 2.92. The van der Waals surface area contributed by atoms with Gasteiger partial charge in [0.15, 0.2) is 0 Å². The predicted molar refractivity (Wildman–Crippen MR) is 100 cm³/mol. The van der Waals surface area contributed by atoms with Crippen LogP contribution in [-0.2, 0) is 4.79 Å². The standard InChI is InChI=1S/C22H26N2O3/c1-11-3-4-17-18(5-11)22(27)24(21(17)26)12(2)20(25)23-19-15-7-13-6-14(9-15)10-16(19)8-13/h3-5,12-16,19H,6-10H2,1-2H3,(H,23,25). The zero-order valence-corrected chi connectivity index (χ0v) is 15.9. The van der Waals surface area contributed by atoms with Crippen molar-refractivity contribution in [2.45, 2.75) is 58.0 Å². The molecule has 5 aliphatic rings. The Kier molecular flexibility index (Phi) is 3.72. The van der Waals surface area contributed by atoms with E-state index in [0.29, 0.717) is 23.0 Å². The molecule has 1 aromatic carbocycles. The average Bonchev–Trinajstić information content (AvgIpc) is 2.87. The van der Waals surface area contributed by atoms with E-state index < -0.39 is 6.04 Å². The van der Waals surface area contributed by atoms with Gasteiger partial charge in [-0.3, -0.25) is 19.3 Å². The summed E-state index contributed by atoms with van der Waals surface area (Å²) in [5.74, 6) is 1.92. The third kappa shape index (κ3) is 2.54. The van der Waals surface area contributed by atoms with Gasteiger partial charge in [-0.15, -0.1) is 0 Å². The largest absolute Gasteiger partial charge is 0.351 e. The van der Waals surface area contributed by atoms with Gasteiger partial charge in [-0.1, -0.05) is 11.6 Å². The van der Waals surface area contributed by atoms with Crippen LogP contribution in [0, 0.1) is 30.6 Å². The maximum Gasteiger partial charge on any atom is 0.262 e. The molecule has 142 valence electrons. The van der Waals surface area contributed by atoms with Crippen LogP contribution < -0.4 is 5.32 Å². The van der Waals surface area contributed by atoms with Crippen molar-refractivity contribution in [3.63, 3.8) is 0 Å². The van der Waals surface area contributed by atoms with Crippen molar-refractivity contribution in [3.05, 3.63) is 34.9 Å². The summed E-state index contributed by atoms with van der Waals surface area (Å²) in [6.45, 7) is 3.56. The van der Waals surface area contributed by atoms with E-state index in [2.05, 4.69) is 5.32 Å². The van der Waals surface area contributed by atoms with Crippen LogP contribution in [0.25, 0.3) is 0 Å². The number of hydrogen-bond acceptors (Lipinski definition) is 3. The Hall–Kier alpha value is -2.17. The van der Waals surface area contributed by atoms with Crippen molar-refractivity contribution >= 4 is 17.7 Å². The molecular weight excluding hydrogens is 340 g/mol. The normalized spacial score (nSPS) is 34.7. The Bertz CT molecular complexity index is 818. The molecule has 5 heteroatoms. The molecule has 1 aliphatic heterocycles. The van der Waals surface area contributed by atoms with Crippen molar-refractivity contribution in [1.82, 2.24) is 10.2 Å². The van der Waals surface area contributed by atoms with Crippen LogP contribution in [0.15, 0.2) is 18.2 Å². The van der Waals surface area contributed by atoms with Crippen LogP contribution in [0.2, 0.25) is 0 Å². The number of nitrogens with one attached hydrogen (secondary N) is 1. The Balaban J connectivity index is 1.33. The molecular formula is C22H26N2O3. The van der Waals surface area contributed by atoms with Crippen LogP contribution in [0.1, 0.15) is 65.3 Å². The van der Waals surface area contributed by atoms with E-state index in [0.717, 1.165) is 22.3 Å². The quantitative estimate of drug-likeness (QED) is 0.837. The number of carbonyl (C=O) groups is 3. The third-order valence-electron chi connectivity index (χ3n) is 7.38. The molecule has 0 spiro atoms. The number of benzene rings is 1. The highest BCUT2D eigenvalue weighted by atomic mass is 16.2. The van der Waals surface area contributed by atoms with Gasteiger partial charge in [-0.25, -0.2) is 0 Å². The van der Waals surface area contributed by atoms with Crippen LogP contribution in [0.5, 0.6) is 0 Å². The number of amides is 3. The zero-order chi connectivity index (χ0) is 18.9. The summed E-state index contributed by atoms with van der Waals surface area (Å²) in [6, 6.07) is 4.68. The first-order valence-corrected chi connectivity index (χ1v) is 10.2. The van der Waals surface area contributed by atoms with Gasteiger partial charge in [-0.05, 0) is 81.8 Å². The molecule has 4 bridgehead atoms. The van der Waals surface area contributed by atoms with E-state index in [9.17, 15) is 14.4 Å². The smallest absolute Gasteiger partial charge is 0.262 e. The summed E-state index contributed by atoms with van der Waals surface area (Å²) in [6.07, 6.45) is 6.26. The first-order chi connectivity index (χ1) is 12.9. The summed E-state index contributed by atoms with van der Waals surface area (Å²) in [4.78, 5) is 39.6. The second-order valence-corrected chi connectivity index (χ2v) is 9.17. The topological polar surface area (TPSA) is 66.5 Å². The summed E-state index contributed by atoms with van der Waals surface area (Å²) in [5.41, 5.74) is 1.75. The van der Waals surface area contributed by atoms with Gasteiger partial charge >= 0.3 is 0 Å². The molecule has 1 atom stereocenters. The lowest BCUT2D eigenvalue weighted by atomic mass is 9.54. The monoisotopic (exact) mass is 366 g/mol. The van der Waals surface area contributed by atoms with Gasteiger partial charge in [0.2, 0.25) is 5.91 Å². The highest BCUT2D eigenvalue weighted by Crippen LogP contribution is 2.53. The highest BCUT2D eigenvalue weighted by Gasteiger charge is 2.49. The van der Waals surface area contributed by atoms with Gasteiger partial charge in [0.1, 0.15) is 6.04 Å². The third-order valence-corrected chi connectivity index (χ3v) is 7.38. The van der Waals surface area contributed by atoms with E-state index in [1.54, 1.807) is 19.1 Å². The second-order valence-electron chi connectivity index (χ2n) is 9.17. The summed E-state index contributed by atoms with van der Waals surface area (Å²) in [7, 11) is 0. The lowest BCUT2D eigenvalue weighted by Gasteiger charge is -2.54. The number of aryl methyl sites for hydroxylation is 1. The number of fused-ring (bicyclic) bond motifs is 1. The van der Waals surface area contributed by atoms with E-state index >= 15 is 0 Å². The number of imide groups is 1. The van der Waals surface area contributed by atoms with Crippen molar-refractivity contribution < 1.29 is 14.4 Å². The molecule has 3 amide bonds. The van der Waals surface area contributed by atoms with Gasteiger partial charge in [0.25, 0.3) is 11.8 Å². The lowest BCUT2D eigenvalue weighted by Crippen LogP contribution is -2.59. The minimum Gasteiger partial charge on any atom is -0.351 e. The first-order valence-electron chi connectivity index (χ1n) is 10.2. The molecule has 1 unspecified atom stereocenters. The molecule has 6 rings (SSSR count). The highest BCUT2D eigenvalue weighted by molar-refractivity contribution is 6.22. The molecule has 4 saturated carbocycles. The second kappa shape index (κ2) is 5.91. The van der Waals surface area contributed by atoms with Crippen molar-refractivity contribution in [2.24, 2.45) is 23.7 Å². The van der Waals surface area contributed by atoms with Crippen LogP contribution in [0.4, 0.5) is 0 Å². The van der Waals surface area contributed by atoms with Crippen molar-refractivity contribution in [1.29, 1.82) is 0 Å². The van der Waals surface area contributed by atoms with E-state index in [1.807, 2.05) is 13.0 Å². The van der Waals surface area contributed by atoms with E-state index in [1.165, 1.54) is 32.1 Å². The van der Waals surface area contributed by atoms with E-state index in [-0.39, 0.29) is 23.8 Å². The SMILES string of the molecule is Cc1ccc2c(c1)C(=O)N(C(C)C(=O)NC1C3CC4CC(C3)CC1C4)C2=O. The molecule has 0 radical (unpaired) electrons. The fourth-order valence-corrected chi connectivity index (χ4v) is 6.29. The fraction of sp³-hybridized carbons (Fsp3) is 0.591. The Labute approximate surface area is 159 Å². The number of rotatable bonds is 3. The fourth-order valence-electron chi connectivity index (χ4n) is 6.29.